The zero-order valence-electron chi connectivity index (χ0n) is 28.6. The number of aromatic nitrogens is 1. The molecule has 2 aromatic heterocycles. The summed E-state index contributed by atoms with van der Waals surface area (Å²) in [6, 6.07) is 0.408. The summed E-state index contributed by atoms with van der Waals surface area (Å²) < 4.78 is 95.3. The predicted molar refractivity (Wildman–Crippen MR) is 178 cm³/mol. The van der Waals surface area contributed by atoms with Gasteiger partial charge in [-0.3, -0.25) is 19.4 Å². The third-order valence-corrected chi connectivity index (χ3v) is 10.7. The van der Waals surface area contributed by atoms with E-state index in [9.17, 15) is 40.7 Å². The Morgan fingerprint density at radius 1 is 1.10 bits per heavy atom. The van der Waals surface area contributed by atoms with E-state index in [1.54, 1.807) is 11.8 Å². The average molecular weight is 758 g/mol. The monoisotopic (exact) mass is 757 g/mol. The molecule has 2 amide bonds. The number of aliphatic carboxylic acids is 1. The summed E-state index contributed by atoms with van der Waals surface area (Å²) in [5, 5.41) is 10.1. The number of amides is 2. The molecule has 0 spiro atoms. The number of piperidine rings is 2. The van der Waals surface area contributed by atoms with Crippen LogP contribution in [0.3, 0.4) is 0 Å². The molecule has 52 heavy (non-hydrogen) atoms. The van der Waals surface area contributed by atoms with Crippen LogP contribution < -0.4 is 4.74 Å². The van der Waals surface area contributed by atoms with Crippen molar-refractivity contribution in [1.82, 2.24) is 14.8 Å². The van der Waals surface area contributed by atoms with E-state index in [0.717, 1.165) is 41.6 Å². The second kappa shape index (κ2) is 16.3. The first-order valence-corrected chi connectivity index (χ1v) is 18.2. The van der Waals surface area contributed by atoms with Crippen molar-refractivity contribution in [3.8, 4) is 5.75 Å². The number of nitrogens with zero attached hydrogens (tertiary/aromatic N) is 3. The summed E-state index contributed by atoms with van der Waals surface area (Å²) in [4.78, 5) is 45.4. The quantitative estimate of drug-likeness (QED) is 0.172. The second-order valence-corrected chi connectivity index (χ2v) is 14.1. The van der Waals surface area contributed by atoms with E-state index in [2.05, 4.69) is 4.98 Å². The van der Waals surface area contributed by atoms with Crippen LogP contribution in [0.15, 0.2) is 53.4 Å². The van der Waals surface area contributed by atoms with Crippen molar-refractivity contribution < 1.29 is 55.3 Å². The van der Waals surface area contributed by atoms with Gasteiger partial charge in [0.15, 0.2) is 0 Å². The highest BCUT2D eigenvalue weighted by molar-refractivity contribution is 7.10. The number of thiophene rings is 1. The molecule has 4 heterocycles. The highest BCUT2D eigenvalue weighted by atomic mass is 32.1. The molecule has 0 saturated carbocycles. The first kappa shape index (κ1) is 39.1. The molecule has 0 bridgehead atoms. The Kier molecular flexibility index (Phi) is 12.3. The maximum atomic E-state index is 14.8. The minimum Gasteiger partial charge on any atom is -0.498 e. The molecular weight excluding hydrogens is 716 g/mol. The molecular formula is C36H41F6N3O6S. The standard InChI is InChI=1S/C36H41F6N3O6S/c1-2-7-29-34(51-24-20-30(52-22-24)36(40,41)42,14-6-16-45(29)32(48)26-21-43-15-11-27(26)35(37,38)39)33(49)44-17-12-23(13-18-44)25-8-3-4-9-28(25)50-19-5-10-31(46)47/h3,8,11,15,20-23,29H,2,4-7,9-10,12-14,16-19H2,1H3,(H,46,47). The fraction of sp³-hybridized carbons (Fsp3) is 0.556. The van der Waals surface area contributed by atoms with E-state index in [1.165, 1.54) is 4.90 Å². The molecule has 9 nitrogen and oxygen atoms in total. The summed E-state index contributed by atoms with van der Waals surface area (Å²) in [6.07, 6.45) is -0.236. The summed E-state index contributed by atoms with van der Waals surface area (Å²) in [5.74, 6) is -1.85. The van der Waals surface area contributed by atoms with Gasteiger partial charge in [-0.05, 0) is 56.1 Å². The third kappa shape index (κ3) is 8.75. The molecule has 5 rings (SSSR count). The molecule has 1 aliphatic carbocycles. The minimum absolute atomic E-state index is 0.00330. The Morgan fingerprint density at radius 2 is 1.85 bits per heavy atom. The lowest BCUT2D eigenvalue weighted by Gasteiger charge is -2.50. The van der Waals surface area contributed by atoms with Crippen LogP contribution in [-0.4, -0.2) is 75.6 Å². The zero-order valence-corrected chi connectivity index (χ0v) is 29.4. The van der Waals surface area contributed by atoms with Gasteiger partial charge in [0.25, 0.3) is 11.8 Å². The Bertz CT molecular complexity index is 1670. The van der Waals surface area contributed by atoms with Crippen LogP contribution in [0.1, 0.15) is 91.9 Å². The number of ether oxygens (including phenoxy) is 2. The Balaban J connectivity index is 1.45. The normalized spacial score (nSPS) is 21.7. The Hall–Kier alpha value is -4.08. The number of hydrogen-bond acceptors (Lipinski definition) is 7. The first-order chi connectivity index (χ1) is 24.7. The van der Waals surface area contributed by atoms with Crippen molar-refractivity contribution in [2.75, 3.05) is 26.2 Å². The molecule has 0 aromatic carbocycles. The van der Waals surface area contributed by atoms with Gasteiger partial charge in [-0.25, -0.2) is 0 Å². The number of pyridine rings is 1. The van der Waals surface area contributed by atoms with Gasteiger partial charge in [0.05, 0.1) is 29.5 Å². The molecule has 2 atom stereocenters. The number of allylic oxidation sites excluding steroid dienone is 4. The van der Waals surface area contributed by atoms with Gasteiger partial charge >= 0.3 is 18.3 Å². The molecule has 284 valence electrons. The lowest BCUT2D eigenvalue weighted by atomic mass is 9.78. The minimum atomic E-state index is -4.87. The smallest absolute Gasteiger partial charge is 0.425 e. The van der Waals surface area contributed by atoms with Gasteiger partial charge in [0.2, 0.25) is 5.60 Å². The second-order valence-electron chi connectivity index (χ2n) is 13.2. The van der Waals surface area contributed by atoms with Crippen LogP contribution in [-0.2, 0) is 26.7 Å². The van der Waals surface area contributed by atoms with E-state index in [-0.39, 0.29) is 63.6 Å². The number of carbonyl (C=O) groups excluding carboxylic acids is 2. The lowest BCUT2D eigenvalue weighted by molar-refractivity contribution is -0.160. The fourth-order valence-corrected chi connectivity index (χ4v) is 8.04. The van der Waals surface area contributed by atoms with E-state index in [4.69, 9.17) is 14.6 Å². The number of carbonyl (C=O) groups is 3. The van der Waals surface area contributed by atoms with Crippen LogP contribution in [0.5, 0.6) is 5.75 Å². The van der Waals surface area contributed by atoms with Crippen molar-refractivity contribution in [2.24, 2.45) is 5.92 Å². The number of halogens is 6. The summed E-state index contributed by atoms with van der Waals surface area (Å²) >= 11 is 0.398. The molecule has 1 N–H and O–H groups in total. The molecule has 2 saturated heterocycles. The molecule has 2 unspecified atom stereocenters. The molecule has 2 fully saturated rings. The molecule has 2 aliphatic heterocycles. The first-order valence-electron chi connectivity index (χ1n) is 17.4. The van der Waals surface area contributed by atoms with Gasteiger partial charge in [-0.2, -0.15) is 26.3 Å². The number of likely N-dealkylation sites (tertiary alicyclic amines) is 2. The molecule has 3 aliphatic rings. The maximum absolute atomic E-state index is 14.8. The number of rotatable bonds is 12. The van der Waals surface area contributed by atoms with Crippen LogP contribution in [0.2, 0.25) is 0 Å². The van der Waals surface area contributed by atoms with Crippen molar-refractivity contribution >= 4 is 29.1 Å². The van der Waals surface area contributed by atoms with Crippen molar-refractivity contribution in [1.29, 1.82) is 0 Å². The largest absolute Gasteiger partial charge is 0.498 e. The number of carboxylic acid groups (broad SMARTS) is 1. The lowest BCUT2D eigenvalue weighted by Crippen LogP contribution is -2.68. The maximum Gasteiger partial charge on any atom is 0.425 e. The van der Waals surface area contributed by atoms with Crippen LogP contribution in [0, 0.1) is 5.92 Å². The highest BCUT2D eigenvalue weighted by Crippen LogP contribution is 2.43. The Morgan fingerprint density at radius 3 is 2.50 bits per heavy atom. The predicted octanol–water partition coefficient (Wildman–Crippen LogP) is 8.13. The molecule has 16 heteroatoms. The topological polar surface area (TPSA) is 109 Å². The number of alkyl halides is 6. The highest BCUT2D eigenvalue weighted by Gasteiger charge is 2.56. The van der Waals surface area contributed by atoms with Gasteiger partial charge < -0.3 is 24.4 Å². The summed E-state index contributed by atoms with van der Waals surface area (Å²) in [6.45, 7) is 2.55. The molecule has 0 radical (unpaired) electrons. The number of carboxylic acids is 1. The van der Waals surface area contributed by atoms with E-state index in [1.807, 2.05) is 12.2 Å². The fourth-order valence-electron chi connectivity index (χ4n) is 7.36. The number of hydrogen-bond donors (Lipinski definition) is 1. The van der Waals surface area contributed by atoms with Crippen LogP contribution >= 0.6 is 11.3 Å². The van der Waals surface area contributed by atoms with E-state index in [0.29, 0.717) is 49.5 Å². The average Bonchev–Trinajstić information content (AvgIpc) is 3.59. The van der Waals surface area contributed by atoms with Gasteiger partial charge in [-0.1, -0.05) is 25.5 Å². The van der Waals surface area contributed by atoms with Gasteiger partial charge in [0.1, 0.15) is 10.6 Å². The Labute approximate surface area is 301 Å². The van der Waals surface area contributed by atoms with Gasteiger partial charge in [-0.15, -0.1) is 11.3 Å². The van der Waals surface area contributed by atoms with E-state index < -0.39 is 57.8 Å². The van der Waals surface area contributed by atoms with E-state index >= 15 is 0 Å². The van der Waals surface area contributed by atoms with Crippen LogP contribution in [0.4, 0.5) is 26.3 Å². The summed E-state index contributed by atoms with van der Waals surface area (Å²) in [5.41, 5.74) is -2.78. The third-order valence-electron chi connectivity index (χ3n) is 9.75. The van der Waals surface area contributed by atoms with Crippen molar-refractivity contribution in [3.63, 3.8) is 0 Å². The SMILES string of the molecule is CCCC1N(C(=O)c2cnccc2C(F)(F)F)CCCC1(Oc1csc(C(F)(F)F)c1)C(=O)N1CCC(C2=C(OCCCC(=O)O)CCC=C2)CC1. The molecule has 2 aromatic rings. The van der Waals surface area contributed by atoms with Crippen LogP contribution in [0.25, 0.3) is 0 Å². The van der Waals surface area contributed by atoms with Crippen molar-refractivity contribution in [2.45, 2.75) is 95.1 Å². The summed E-state index contributed by atoms with van der Waals surface area (Å²) in [7, 11) is 0. The zero-order chi connectivity index (χ0) is 37.7. The van der Waals surface area contributed by atoms with Gasteiger partial charge in [0, 0.05) is 62.7 Å². The van der Waals surface area contributed by atoms with Crippen molar-refractivity contribution in [3.05, 3.63) is 69.4 Å².